The summed E-state index contributed by atoms with van der Waals surface area (Å²) >= 11 is 0. The Balaban J connectivity index is 1.55. The van der Waals surface area contributed by atoms with Crippen molar-refractivity contribution in [3.63, 3.8) is 0 Å². The lowest BCUT2D eigenvalue weighted by atomic mass is 10.0. The maximum Gasteiger partial charge on any atom is 0.335 e. The van der Waals surface area contributed by atoms with E-state index >= 15 is 0 Å². The van der Waals surface area contributed by atoms with E-state index < -0.39 is 5.97 Å². The van der Waals surface area contributed by atoms with Crippen molar-refractivity contribution >= 4 is 17.6 Å². The summed E-state index contributed by atoms with van der Waals surface area (Å²) in [6.45, 7) is 0.694. The highest BCUT2D eigenvalue weighted by molar-refractivity contribution is 5.90. The number of nitriles is 1. The third kappa shape index (κ3) is 3.28. The van der Waals surface area contributed by atoms with Crippen molar-refractivity contribution in [1.82, 2.24) is 14.4 Å². The van der Waals surface area contributed by atoms with Crippen LogP contribution in [-0.2, 0) is 13.0 Å². The number of halogens is 1. The van der Waals surface area contributed by atoms with Gasteiger partial charge in [0.25, 0.3) is 0 Å². The van der Waals surface area contributed by atoms with Crippen LogP contribution in [-0.4, -0.2) is 32.1 Å². The molecule has 4 aromatic rings. The lowest BCUT2D eigenvalue weighted by molar-refractivity contribution is 0.0697. The highest BCUT2D eigenvalue weighted by atomic mass is 19.1. The Morgan fingerprint density at radius 1 is 1.34 bits per heavy atom. The first kappa shape index (κ1) is 19.5. The first-order chi connectivity index (χ1) is 15.5. The molecule has 3 heterocycles. The molecule has 8 nitrogen and oxygen atoms in total. The van der Waals surface area contributed by atoms with E-state index in [-0.39, 0.29) is 23.6 Å². The van der Waals surface area contributed by atoms with Gasteiger partial charge in [0.05, 0.1) is 18.4 Å². The molecule has 5 rings (SSSR count). The van der Waals surface area contributed by atoms with Gasteiger partial charge in [-0.15, -0.1) is 0 Å². The van der Waals surface area contributed by atoms with E-state index in [1.165, 1.54) is 24.4 Å². The Morgan fingerprint density at radius 2 is 2.22 bits per heavy atom. The van der Waals surface area contributed by atoms with E-state index in [0.717, 1.165) is 5.56 Å². The van der Waals surface area contributed by atoms with E-state index in [9.17, 15) is 19.6 Å². The number of ether oxygens (including phenoxy) is 1. The number of nitrogens with one attached hydrogen (secondary N) is 1. The van der Waals surface area contributed by atoms with E-state index in [1.807, 2.05) is 6.07 Å². The molecule has 0 atom stereocenters. The summed E-state index contributed by atoms with van der Waals surface area (Å²) in [5, 5.41) is 21.8. The highest BCUT2D eigenvalue weighted by Crippen LogP contribution is 2.31. The molecule has 2 aromatic heterocycles. The standard InChI is InChI=1S/C23H16FN5O3/c24-19-4-5-20-16(6-7-32-20)18(19)11-27-23-26-10-17(21-28-15(9-25)12-29(21)23)13-2-1-3-14(8-13)22(30)31/h1-5,8,10,12H,6-7,11H2,(H,26,27)(H,30,31). The number of carbonyl (C=O) groups is 1. The molecule has 0 bridgehead atoms. The van der Waals surface area contributed by atoms with Gasteiger partial charge in [0.15, 0.2) is 11.3 Å². The maximum atomic E-state index is 14.5. The molecule has 0 saturated heterocycles. The highest BCUT2D eigenvalue weighted by Gasteiger charge is 2.20. The third-order valence-electron chi connectivity index (χ3n) is 5.39. The molecule has 9 heteroatoms. The Labute approximate surface area is 181 Å². The van der Waals surface area contributed by atoms with Crippen molar-refractivity contribution in [2.45, 2.75) is 13.0 Å². The first-order valence-corrected chi connectivity index (χ1v) is 9.84. The fourth-order valence-electron chi connectivity index (χ4n) is 3.86. The van der Waals surface area contributed by atoms with Crippen LogP contribution in [0.25, 0.3) is 16.8 Å². The quantitative estimate of drug-likeness (QED) is 0.498. The number of aromatic carboxylic acids is 1. The molecule has 0 spiro atoms. The van der Waals surface area contributed by atoms with Gasteiger partial charge in [-0.25, -0.2) is 19.2 Å². The number of imidazole rings is 1. The van der Waals surface area contributed by atoms with Gasteiger partial charge in [-0.05, 0) is 29.8 Å². The van der Waals surface area contributed by atoms with Crippen LogP contribution in [0.15, 0.2) is 48.8 Å². The van der Waals surface area contributed by atoms with E-state index in [4.69, 9.17) is 4.74 Å². The molecule has 0 saturated carbocycles. The fraction of sp³-hybridized carbons (Fsp3) is 0.130. The largest absolute Gasteiger partial charge is 0.493 e. The second-order valence-electron chi connectivity index (χ2n) is 7.27. The molecule has 158 valence electrons. The van der Waals surface area contributed by atoms with Crippen molar-refractivity contribution in [3.8, 4) is 22.9 Å². The van der Waals surface area contributed by atoms with E-state index in [2.05, 4.69) is 15.3 Å². The lowest BCUT2D eigenvalue weighted by Gasteiger charge is -2.13. The number of aromatic nitrogens is 3. The first-order valence-electron chi connectivity index (χ1n) is 9.84. The number of rotatable bonds is 5. The van der Waals surface area contributed by atoms with Crippen LogP contribution in [0.3, 0.4) is 0 Å². The number of carboxylic acids is 1. The van der Waals surface area contributed by atoms with Crippen molar-refractivity contribution in [1.29, 1.82) is 5.26 Å². The van der Waals surface area contributed by atoms with Crippen LogP contribution in [0, 0.1) is 17.1 Å². The number of nitrogens with zero attached hydrogens (tertiary/aromatic N) is 4. The average Bonchev–Trinajstić information content (AvgIpc) is 3.45. The molecular weight excluding hydrogens is 413 g/mol. The summed E-state index contributed by atoms with van der Waals surface area (Å²) in [5.74, 6) is -0.313. The Morgan fingerprint density at radius 3 is 3.03 bits per heavy atom. The molecule has 0 aliphatic carbocycles. The number of benzene rings is 2. The Kier molecular flexibility index (Phi) is 4.67. The lowest BCUT2D eigenvalue weighted by Crippen LogP contribution is -2.09. The molecule has 0 unspecified atom stereocenters. The summed E-state index contributed by atoms with van der Waals surface area (Å²) in [7, 11) is 0. The molecule has 2 N–H and O–H groups in total. The normalized spacial score (nSPS) is 12.2. The van der Waals surface area contributed by atoms with Crippen LogP contribution < -0.4 is 10.1 Å². The summed E-state index contributed by atoms with van der Waals surface area (Å²) < 4.78 is 21.6. The predicted molar refractivity (Wildman–Crippen MR) is 113 cm³/mol. The van der Waals surface area contributed by atoms with Gasteiger partial charge < -0.3 is 15.2 Å². The van der Waals surface area contributed by atoms with Gasteiger partial charge >= 0.3 is 5.97 Å². The Bertz CT molecular complexity index is 1420. The number of fused-ring (bicyclic) bond motifs is 2. The second kappa shape index (κ2) is 7.67. The number of carboxylic acid groups (broad SMARTS) is 1. The van der Waals surface area contributed by atoms with Gasteiger partial charge in [-0.3, -0.25) is 4.40 Å². The second-order valence-corrected chi connectivity index (χ2v) is 7.27. The van der Waals surface area contributed by atoms with Crippen LogP contribution in [0.2, 0.25) is 0 Å². The number of hydrogen-bond acceptors (Lipinski definition) is 6. The Hall–Kier alpha value is -4.45. The maximum absolute atomic E-state index is 14.5. The molecule has 0 radical (unpaired) electrons. The molecule has 32 heavy (non-hydrogen) atoms. The molecular formula is C23H16FN5O3. The van der Waals surface area contributed by atoms with Gasteiger partial charge in [0.1, 0.15) is 17.6 Å². The molecule has 1 aliphatic heterocycles. The van der Waals surface area contributed by atoms with Gasteiger partial charge in [0.2, 0.25) is 5.95 Å². The minimum Gasteiger partial charge on any atom is -0.493 e. The minimum atomic E-state index is -1.04. The van der Waals surface area contributed by atoms with Crippen molar-refractivity contribution in [2.24, 2.45) is 0 Å². The zero-order chi connectivity index (χ0) is 22.2. The smallest absolute Gasteiger partial charge is 0.335 e. The monoisotopic (exact) mass is 429 g/mol. The van der Waals surface area contributed by atoms with Crippen molar-refractivity contribution in [2.75, 3.05) is 11.9 Å². The van der Waals surface area contributed by atoms with Gasteiger partial charge in [0, 0.05) is 35.9 Å². The molecule has 0 fully saturated rings. The van der Waals surface area contributed by atoms with Crippen LogP contribution in [0.5, 0.6) is 5.75 Å². The SMILES string of the molecule is N#Cc1cn2c(NCc3c(F)ccc4c3CCO4)ncc(-c3cccc(C(=O)O)c3)c2n1. The number of hydrogen-bond donors (Lipinski definition) is 2. The van der Waals surface area contributed by atoms with Crippen LogP contribution in [0.4, 0.5) is 10.3 Å². The van der Waals surface area contributed by atoms with Gasteiger partial charge in [-0.2, -0.15) is 5.26 Å². The van der Waals surface area contributed by atoms with Crippen molar-refractivity contribution < 1.29 is 19.0 Å². The molecule has 1 aliphatic rings. The van der Waals surface area contributed by atoms with Crippen molar-refractivity contribution in [3.05, 3.63) is 77.0 Å². The van der Waals surface area contributed by atoms with E-state index in [0.29, 0.717) is 47.1 Å². The summed E-state index contributed by atoms with van der Waals surface area (Å²) in [5.41, 5.74) is 3.26. The van der Waals surface area contributed by atoms with Crippen LogP contribution >= 0.6 is 0 Å². The zero-order valence-corrected chi connectivity index (χ0v) is 16.7. The summed E-state index contributed by atoms with van der Waals surface area (Å²) in [4.78, 5) is 20.2. The molecule has 0 amide bonds. The average molecular weight is 429 g/mol. The van der Waals surface area contributed by atoms with Crippen LogP contribution in [0.1, 0.15) is 27.2 Å². The molecule has 2 aromatic carbocycles. The third-order valence-corrected chi connectivity index (χ3v) is 5.39. The fourth-order valence-corrected chi connectivity index (χ4v) is 3.86. The van der Waals surface area contributed by atoms with Gasteiger partial charge in [-0.1, -0.05) is 12.1 Å². The zero-order valence-electron chi connectivity index (χ0n) is 16.7. The predicted octanol–water partition coefficient (Wildman–Crippen LogP) is 3.65. The number of anilines is 1. The minimum absolute atomic E-state index is 0.130. The summed E-state index contributed by atoms with van der Waals surface area (Å²) in [6, 6.07) is 11.4. The van der Waals surface area contributed by atoms with E-state index in [1.54, 1.807) is 28.8 Å². The topological polar surface area (TPSA) is 113 Å². The summed E-state index contributed by atoms with van der Waals surface area (Å²) in [6.07, 6.45) is 3.72.